The van der Waals surface area contributed by atoms with Gasteiger partial charge in [-0.1, -0.05) is 18.0 Å². The van der Waals surface area contributed by atoms with Crippen molar-refractivity contribution in [3.05, 3.63) is 20.8 Å². The Hall–Kier alpha value is -1.63. The summed E-state index contributed by atoms with van der Waals surface area (Å²) in [6.45, 7) is 3.62. The van der Waals surface area contributed by atoms with Crippen LogP contribution in [0.2, 0.25) is 5.02 Å². The van der Waals surface area contributed by atoms with Gasteiger partial charge in [0, 0.05) is 6.04 Å². The van der Waals surface area contributed by atoms with Gasteiger partial charge in [0.25, 0.3) is 0 Å². The van der Waals surface area contributed by atoms with Crippen LogP contribution in [-0.2, 0) is 11.3 Å². The molecule has 0 saturated heterocycles. The minimum absolute atomic E-state index is 0.0102. The zero-order valence-corrected chi connectivity index (χ0v) is 14.0. The SMILES string of the molecule is Cc1c(Cl)c([N+](=O)[O-])nn1CC(=O)N[C@@H](C)[C@H]1C[C@H]2CC[C@H]1C2. The summed E-state index contributed by atoms with van der Waals surface area (Å²) in [4.78, 5) is 22.4. The molecule has 2 aliphatic carbocycles. The van der Waals surface area contributed by atoms with Crippen molar-refractivity contribution in [1.29, 1.82) is 0 Å². The molecule has 23 heavy (non-hydrogen) atoms. The Morgan fingerprint density at radius 3 is 2.78 bits per heavy atom. The van der Waals surface area contributed by atoms with Gasteiger partial charge in [-0.3, -0.25) is 4.79 Å². The van der Waals surface area contributed by atoms with Gasteiger partial charge in [-0.05, 0) is 55.8 Å². The van der Waals surface area contributed by atoms with Gasteiger partial charge in [-0.15, -0.1) is 0 Å². The average Bonchev–Trinajstić information content (AvgIpc) is 3.17. The van der Waals surface area contributed by atoms with Gasteiger partial charge in [0.15, 0.2) is 5.02 Å². The number of amides is 1. The normalized spacial score (nSPS) is 27.2. The maximum atomic E-state index is 12.2. The van der Waals surface area contributed by atoms with E-state index in [0.29, 0.717) is 11.6 Å². The zero-order chi connectivity index (χ0) is 16.7. The number of nitro groups is 1. The summed E-state index contributed by atoms with van der Waals surface area (Å²) < 4.78 is 1.29. The molecular weight excluding hydrogens is 320 g/mol. The maximum absolute atomic E-state index is 12.2. The number of nitrogens with one attached hydrogen (secondary N) is 1. The molecule has 2 aliphatic rings. The largest absolute Gasteiger partial charge is 0.408 e. The van der Waals surface area contributed by atoms with Gasteiger partial charge >= 0.3 is 5.82 Å². The van der Waals surface area contributed by atoms with Crippen LogP contribution in [0, 0.1) is 34.8 Å². The zero-order valence-electron chi connectivity index (χ0n) is 13.3. The predicted octanol–water partition coefficient (Wildman–Crippen LogP) is 2.69. The minimum atomic E-state index is -0.637. The molecule has 126 valence electrons. The van der Waals surface area contributed by atoms with Gasteiger partial charge in [0.05, 0.1) is 10.8 Å². The molecular formula is C15H21ClN4O3. The van der Waals surface area contributed by atoms with Gasteiger partial charge in [0.2, 0.25) is 5.91 Å². The molecule has 2 saturated carbocycles. The number of nitrogens with zero attached hydrogens (tertiary/aromatic N) is 3. The van der Waals surface area contributed by atoms with E-state index in [2.05, 4.69) is 17.3 Å². The number of rotatable bonds is 5. The molecule has 1 amide bonds. The highest BCUT2D eigenvalue weighted by molar-refractivity contribution is 6.33. The fraction of sp³-hybridized carbons (Fsp3) is 0.733. The standard InChI is InChI=1S/C15H21ClN4O3/c1-8(12-6-10-3-4-11(12)5-10)17-13(21)7-19-9(2)14(16)15(18-19)20(22)23/h8,10-12H,3-7H2,1-2H3,(H,17,21)/t8-,10-,11-,12+/m0/s1. The average molecular weight is 341 g/mol. The molecule has 1 aromatic rings. The number of halogens is 1. The van der Waals surface area contributed by atoms with E-state index < -0.39 is 10.7 Å². The molecule has 4 atom stereocenters. The van der Waals surface area contributed by atoms with Crippen molar-refractivity contribution >= 4 is 23.3 Å². The third kappa shape index (κ3) is 3.06. The first-order valence-electron chi connectivity index (χ1n) is 8.03. The Balaban J connectivity index is 1.61. The Bertz CT molecular complexity index is 645. The Kier molecular flexibility index (Phi) is 4.31. The number of hydrogen-bond acceptors (Lipinski definition) is 4. The van der Waals surface area contributed by atoms with Crippen LogP contribution in [0.15, 0.2) is 0 Å². The molecule has 1 aromatic heterocycles. The van der Waals surface area contributed by atoms with Crippen molar-refractivity contribution < 1.29 is 9.72 Å². The maximum Gasteiger partial charge on any atom is 0.408 e. The van der Waals surface area contributed by atoms with Crippen molar-refractivity contribution in [3.63, 3.8) is 0 Å². The van der Waals surface area contributed by atoms with E-state index in [1.807, 2.05) is 0 Å². The van der Waals surface area contributed by atoms with E-state index in [-0.39, 0.29) is 23.5 Å². The van der Waals surface area contributed by atoms with E-state index in [9.17, 15) is 14.9 Å². The molecule has 0 aliphatic heterocycles. The lowest BCUT2D eigenvalue weighted by Gasteiger charge is -2.28. The second kappa shape index (κ2) is 6.11. The molecule has 0 spiro atoms. The molecule has 8 heteroatoms. The van der Waals surface area contributed by atoms with Gasteiger partial charge in [0.1, 0.15) is 6.54 Å². The highest BCUT2D eigenvalue weighted by atomic mass is 35.5. The fourth-order valence-electron chi connectivity index (χ4n) is 4.23. The molecule has 0 unspecified atom stereocenters. The molecule has 0 aromatic carbocycles. The van der Waals surface area contributed by atoms with Crippen molar-refractivity contribution in [2.75, 3.05) is 0 Å². The highest BCUT2D eigenvalue weighted by Crippen LogP contribution is 2.49. The first-order valence-corrected chi connectivity index (χ1v) is 8.41. The number of aromatic nitrogens is 2. The fourth-order valence-corrected chi connectivity index (χ4v) is 4.43. The third-order valence-electron chi connectivity index (χ3n) is 5.41. The predicted molar refractivity (Wildman–Crippen MR) is 85.2 cm³/mol. The summed E-state index contributed by atoms with van der Waals surface area (Å²) in [7, 11) is 0. The summed E-state index contributed by atoms with van der Waals surface area (Å²) in [6.07, 6.45) is 5.10. The van der Waals surface area contributed by atoms with E-state index in [1.54, 1.807) is 6.92 Å². The van der Waals surface area contributed by atoms with Crippen molar-refractivity contribution in [2.45, 2.75) is 52.1 Å². The van der Waals surface area contributed by atoms with Gasteiger partial charge in [-0.25, -0.2) is 0 Å². The summed E-state index contributed by atoms with van der Waals surface area (Å²) in [5, 5.41) is 17.7. The Labute approximate surface area is 139 Å². The molecule has 1 N–H and O–H groups in total. The Morgan fingerprint density at radius 2 is 2.26 bits per heavy atom. The number of carbonyl (C=O) groups excluding carboxylic acids is 1. The van der Waals surface area contributed by atoms with Crippen LogP contribution in [0.25, 0.3) is 0 Å². The quantitative estimate of drug-likeness (QED) is 0.659. The van der Waals surface area contributed by atoms with Crippen LogP contribution in [0.3, 0.4) is 0 Å². The van der Waals surface area contributed by atoms with Crippen LogP contribution in [0.1, 0.15) is 38.3 Å². The number of fused-ring (bicyclic) bond motifs is 2. The second-order valence-corrected chi connectivity index (χ2v) is 7.21. The van der Waals surface area contributed by atoms with E-state index in [1.165, 1.54) is 30.4 Å². The van der Waals surface area contributed by atoms with Crippen LogP contribution < -0.4 is 5.32 Å². The lowest BCUT2D eigenvalue weighted by Crippen LogP contribution is -2.41. The first kappa shape index (κ1) is 16.2. The molecule has 1 heterocycles. The van der Waals surface area contributed by atoms with E-state index >= 15 is 0 Å². The molecule has 0 radical (unpaired) electrons. The number of carbonyl (C=O) groups is 1. The molecule has 2 bridgehead atoms. The minimum Gasteiger partial charge on any atom is -0.358 e. The van der Waals surface area contributed by atoms with Crippen LogP contribution in [0.4, 0.5) is 5.82 Å². The summed E-state index contributed by atoms with van der Waals surface area (Å²) in [5.41, 5.74) is 0.432. The van der Waals surface area contributed by atoms with Crippen molar-refractivity contribution in [1.82, 2.24) is 15.1 Å². The topological polar surface area (TPSA) is 90.1 Å². The van der Waals surface area contributed by atoms with Crippen LogP contribution >= 0.6 is 11.6 Å². The van der Waals surface area contributed by atoms with E-state index in [4.69, 9.17) is 11.6 Å². The van der Waals surface area contributed by atoms with Crippen molar-refractivity contribution in [3.8, 4) is 0 Å². The summed E-state index contributed by atoms with van der Waals surface area (Å²) in [6, 6.07) is 0.124. The summed E-state index contributed by atoms with van der Waals surface area (Å²) in [5.74, 6) is 1.53. The lowest BCUT2D eigenvalue weighted by atomic mass is 9.84. The van der Waals surface area contributed by atoms with Gasteiger partial charge in [-0.2, -0.15) is 4.68 Å². The third-order valence-corrected chi connectivity index (χ3v) is 5.85. The smallest absolute Gasteiger partial charge is 0.358 e. The molecule has 3 rings (SSSR count). The van der Waals surface area contributed by atoms with Gasteiger partial charge < -0.3 is 15.4 Å². The monoisotopic (exact) mass is 340 g/mol. The number of hydrogen-bond donors (Lipinski definition) is 1. The van der Waals surface area contributed by atoms with E-state index in [0.717, 1.165) is 11.8 Å². The van der Waals surface area contributed by atoms with Crippen molar-refractivity contribution in [2.24, 2.45) is 17.8 Å². The molecule has 7 nitrogen and oxygen atoms in total. The Morgan fingerprint density at radius 1 is 1.52 bits per heavy atom. The second-order valence-electron chi connectivity index (χ2n) is 6.83. The first-order chi connectivity index (χ1) is 10.9. The molecule has 2 fully saturated rings. The summed E-state index contributed by atoms with van der Waals surface area (Å²) >= 11 is 5.89. The lowest BCUT2D eigenvalue weighted by molar-refractivity contribution is -0.389. The van der Waals surface area contributed by atoms with Crippen LogP contribution in [-0.4, -0.2) is 26.7 Å². The van der Waals surface area contributed by atoms with Crippen LogP contribution in [0.5, 0.6) is 0 Å². The highest BCUT2D eigenvalue weighted by Gasteiger charge is 2.42.